The van der Waals surface area contributed by atoms with Crippen LogP contribution in [0.2, 0.25) is 10.0 Å². The minimum Gasteiger partial charge on any atom is -0.387 e. The van der Waals surface area contributed by atoms with Crippen molar-refractivity contribution in [1.82, 2.24) is 5.32 Å². The van der Waals surface area contributed by atoms with Gasteiger partial charge in [-0.3, -0.25) is 4.79 Å². The highest BCUT2D eigenvalue weighted by Crippen LogP contribution is 2.27. The molecule has 104 valence electrons. The van der Waals surface area contributed by atoms with Crippen molar-refractivity contribution in [3.63, 3.8) is 0 Å². The molecule has 0 aromatic heterocycles. The molecule has 2 rings (SSSR count). The maximum Gasteiger partial charge on any atom is 0.224 e. The van der Waals surface area contributed by atoms with Gasteiger partial charge in [-0.1, -0.05) is 29.3 Å². The molecule has 1 atom stereocenters. The molecule has 6 heteroatoms. The number of benzene rings is 1. The maximum atomic E-state index is 11.8. The Morgan fingerprint density at radius 2 is 2.21 bits per heavy atom. The summed E-state index contributed by atoms with van der Waals surface area (Å²) in [6.07, 6.45) is 0.963. The van der Waals surface area contributed by atoms with E-state index < -0.39 is 5.60 Å². The van der Waals surface area contributed by atoms with Gasteiger partial charge >= 0.3 is 0 Å². The third kappa shape index (κ3) is 4.28. The Morgan fingerprint density at radius 1 is 1.42 bits per heavy atom. The van der Waals surface area contributed by atoms with Crippen molar-refractivity contribution in [2.75, 3.05) is 18.1 Å². The quantitative estimate of drug-likeness (QED) is 0.896. The first-order valence-electron chi connectivity index (χ1n) is 5.99. The van der Waals surface area contributed by atoms with Gasteiger partial charge in [-0.15, -0.1) is 0 Å². The highest BCUT2D eigenvalue weighted by atomic mass is 35.5. The van der Waals surface area contributed by atoms with Gasteiger partial charge in [0.05, 0.1) is 22.1 Å². The second kappa shape index (κ2) is 6.35. The van der Waals surface area contributed by atoms with Crippen LogP contribution in [0.5, 0.6) is 0 Å². The van der Waals surface area contributed by atoms with E-state index in [0.717, 1.165) is 17.7 Å². The molecule has 0 bridgehead atoms. The number of rotatable bonds is 4. The summed E-state index contributed by atoms with van der Waals surface area (Å²) in [5.74, 6) is 1.50. The predicted octanol–water partition coefficient (Wildman–Crippen LogP) is 2.52. The molecule has 0 spiro atoms. The summed E-state index contributed by atoms with van der Waals surface area (Å²) in [6.45, 7) is 0.306. The molecule has 1 aliphatic rings. The van der Waals surface area contributed by atoms with Crippen LogP contribution >= 0.6 is 35.0 Å². The largest absolute Gasteiger partial charge is 0.387 e. The van der Waals surface area contributed by atoms with Crippen molar-refractivity contribution in [3.8, 4) is 0 Å². The molecule has 2 N–H and O–H groups in total. The highest BCUT2D eigenvalue weighted by Gasteiger charge is 2.31. The van der Waals surface area contributed by atoms with Crippen molar-refractivity contribution >= 4 is 40.9 Å². The number of hydrogen-bond donors (Lipinski definition) is 2. The van der Waals surface area contributed by atoms with Crippen LogP contribution in [-0.2, 0) is 11.2 Å². The van der Waals surface area contributed by atoms with Gasteiger partial charge in [0.15, 0.2) is 0 Å². The summed E-state index contributed by atoms with van der Waals surface area (Å²) in [5, 5.41) is 13.8. The van der Waals surface area contributed by atoms with Gasteiger partial charge in [0.25, 0.3) is 0 Å². The number of amides is 1. The number of hydrogen-bond acceptors (Lipinski definition) is 3. The fourth-order valence-electron chi connectivity index (χ4n) is 1.90. The van der Waals surface area contributed by atoms with Crippen LogP contribution in [0, 0.1) is 0 Å². The zero-order valence-electron chi connectivity index (χ0n) is 10.3. The third-order valence-electron chi connectivity index (χ3n) is 3.05. The average molecular weight is 320 g/mol. The van der Waals surface area contributed by atoms with Gasteiger partial charge in [-0.25, -0.2) is 0 Å². The van der Waals surface area contributed by atoms with Crippen molar-refractivity contribution in [1.29, 1.82) is 0 Å². The second-order valence-electron chi connectivity index (χ2n) is 4.73. The lowest BCUT2D eigenvalue weighted by Crippen LogP contribution is -2.43. The van der Waals surface area contributed by atoms with Crippen molar-refractivity contribution in [2.45, 2.75) is 18.4 Å². The fraction of sp³-hybridized carbons (Fsp3) is 0.462. The molecular weight excluding hydrogens is 305 g/mol. The lowest BCUT2D eigenvalue weighted by atomic mass is 10.0. The first-order chi connectivity index (χ1) is 8.98. The van der Waals surface area contributed by atoms with Gasteiger partial charge in [-0.2, -0.15) is 11.8 Å². The molecule has 19 heavy (non-hydrogen) atoms. The molecule has 3 nitrogen and oxygen atoms in total. The summed E-state index contributed by atoms with van der Waals surface area (Å²) in [5.41, 5.74) is 0.0532. The van der Waals surface area contributed by atoms with Crippen LogP contribution < -0.4 is 5.32 Å². The standard InChI is InChI=1S/C13H15Cl2NO2S/c14-10-2-1-9(5-11(10)15)6-12(17)16-7-13(18)3-4-19-8-13/h1-2,5,18H,3-4,6-8H2,(H,16,17). The number of carbonyl (C=O) groups is 1. The normalized spacial score (nSPS) is 22.5. The smallest absolute Gasteiger partial charge is 0.224 e. The summed E-state index contributed by atoms with van der Waals surface area (Å²) in [4.78, 5) is 11.8. The lowest BCUT2D eigenvalue weighted by molar-refractivity contribution is -0.121. The zero-order valence-corrected chi connectivity index (χ0v) is 12.6. The van der Waals surface area contributed by atoms with E-state index in [-0.39, 0.29) is 12.3 Å². The Kier molecular flexibility index (Phi) is 5.01. The molecule has 0 radical (unpaired) electrons. The van der Waals surface area contributed by atoms with E-state index in [2.05, 4.69) is 5.32 Å². The molecular formula is C13H15Cl2NO2S. The zero-order chi connectivity index (χ0) is 13.9. The molecule has 1 heterocycles. The van der Waals surface area contributed by atoms with E-state index in [9.17, 15) is 9.90 Å². The maximum absolute atomic E-state index is 11.8. The molecule has 0 aliphatic carbocycles. The van der Waals surface area contributed by atoms with Crippen molar-refractivity contribution in [2.24, 2.45) is 0 Å². The first-order valence-corrected chi connectivity index (χ1v) is 7.90. The number of halogens is 2. The number of aliphatic hydroxyl groups is 1. The Morgan fingerprint density at radius 3 is 2.84 bits per heavy atom. The van der Waals surface area contributed by atoms with Crippen molar-refractivity contribution in [3.05, 3.63) is 33.8 Å². The molecule has 1 unspecified atom stereocenters. The minimum absolute atomic E-state index is 0.122. The Labute approximate surface area is 126 Å². The Bertz CT molecular complexity index is 476. The molecule has 1 aromatic carbocycles. The number of thioether (sulfide) groups is 1. The van der Waals surface area contributed by atoms with Crippen LogP contribution in [-0.4, -0.2) is 34.7 Å². The van der Waals surface area contributed by atoms with Gasteiger partial charge in [0.2, 0.25) is 5.91 Å². The van der Waals surface area contributed by atoms with Gasteiger partial charge in [-0.05, 0) is 29.9 Å². The monoisotopic (exact) mass is 319 g/mol. The SMILES string of the molecule is O=C(Cc1ccc(Cl)c(Cl)c1)NCC1(O)CCSC1. The first kappa shape index (κ1) is 15.0. The molecule has 1 aromatic rings. The van der Waals surface area contributed by atoms with E-state index in [0.29, 0.717) is 22.3 Å². The molecule has 1 saturated heterocycles. The summed E-state index contributed by atoms with van der Waals surface area (Å²) < 4.78 is 0. The number of carbonyl (C=O) groups excluding carboxylic acids is 1. The van der Waals surface area contributed by atoms with Crippen LogP contribution in [0.25, 0.3) is 0 Å². The van der Waals surface area contributed by atoms with Crippen LogP contribution in [0.3, 0.4) is 0 Å². The van der Waals surface area contributed by atoms with Gasteiger partial charge in [0, 0.05) is 12.3 Å². The highest BCUT2D eigenvalue weighted by molar-refractivity contribution is 7.99. The molecule has 1 fully saturated rings. The molecule has 1 amide bonds. The van der Waals surface area contributed by atoms with E-state index in [4.69, 9.17) is 23.2 Å². The van der Waals surface area contributed by atoms with Crippen LogP contribution in [0.15, 0.2) is 18.2 Å². The lowest BCUT2D eigenvalue weighted by Gasteiger charge is -2.21. The summed E-state index contributed by atoms with van der Waals surface area (Å²) >= 11 is 13.4. The van der Waals surface area contributed by atoms with Gasteiger partial charge in [0.1, 0.15) is 0 Å². The molecule has 0 saturated carbocycles. The third-order valence-corrected chi connectivity index (χ3v) is 5.02. The summed E-state index contributed by atoms with van der Waals surface area (Å²) in [6, 6.07) is 5.13. The molecule has 1 aliphatic heterocycles. The average Bonchev–Trinajstić information content (AvgIpc) is 2.79. The minimum atomic E-state index is -0.752. The van der Waals surface area contributed by atoms with Crippen LogP contribution in [0.4, 0.5) is 0 Å². The van der Waals surface area contributed by atoms with Gasteiger partial charge < -0.3 is 10.4 Å². The van der Waals surface area contributed by atoms with E-state index in [1.807, 2.05) is 0 Å². The summed E-state index contributed by atoms with van der Waals surface area (Å²) in [7, 11) is 0. The van der Waals surface area contributed by atoms with Crippen LogP contribution in [0.1, 0.15) is 12.0 Å². The Balaban J connectivity index is 1.85. The predicted molar refractivity (Wildman–Crippen MR) is 80.1 cm³/mol. The fourth-order valence-corrected chi connectivity index (χ4v) is 3.51. The van der Waals surface area contributed by atoms with Crippen molar-refractivity contribution < 1.29 is 9.90 Å². The second-order valence-corrected chi connectivity index (χ2v) is 6.65. The van der Waals surface area contributed by atoms with E-state index >= 15 is 0 Å². The van der Waals surface area contributed by atoms with E-state index in [1.54, 1.807) is 30.0 Å². The topological polar surface area (TPSA) is 49.3 Å². The number of nitrogens with one attached hydrogen (secondary N) is 1. The Hall–Kier alpha value is -0.420. The van der Waals surface area contributed by atoms with E-state index in [1.165, 1.54) is 0 Å².